The first-order valence-electron chi connectivity index (χ1n) is 12.7. The number of anilines is 1. The minimum atomic E-state index is -4.36. The van der Waals surface area contributed by atoms with Gasteiger partial charge >= 0.3 is 19.4 Å². The van der Waals surface area contributed by atoms with Gasteiger partial charge in [0.05, 0.1) is 17.2 Å². The minimum absolute atomic E-state index is 0.0629. The number of aliphatic hydroxyl groups excluding tert-OH is 1. The van der Waals surface area contributed by atoms with Crippen LogP contribution in [0.1, 0.15) is 33.9 Å². The van der Waals surface area contributed by atoms with Gasteiger partial charge in [-0.25, -0.2) is 9.36 Å². The molecular formula is C26H32BrN4O9P. The normalized spacial score (nSPS) is 24.7. The highest BCUT2D eigenvalue weighted by Crippen LogP contribution is 2.48. The third kappa shape index (κ3) is 6.81. The number of carbonyl (C=O) groups is 1. The highest BCUT2D eigenvalue weighted by Gasteiger charge is 2.54. The van der Waals surface area contributed by atoms with E-state index in [9.17, 15) is 24.4 Å². The average Bonchev–Trinajstić information content (AvgIpc) is 3.13. The zero-order valence-corrected chi connectivity index (χ0v) is 25.2. The number of fused-ring (bicyclic) bond motifs is 1. The Morgan fingerprint density at radius 3 is 2.66 bits per heavy atom. The number of nitrogens with one attached hydrogen (secondary N) is 1. The van der Waals surface area contributed by atoms with Crippen LogP contribution in [0, 0.1) is 0 Å². The fourth-order valence-electron chi connectivity index (χ4n) is 4.29. The van der Waals surface area contributed by atoms with Gasteiger partial charge in [0, 0.05) is 11.6 Å². The Labute approximate surface area is 244 Å². The number of aliphatic hydroxyl groups is 2. The number of benzene rings is 2. The van der Waals surface area contributed by atoms with E-state index in [2.05, 4.69) is 26.0 Å². The molecule has 0 radical (unpaired) electrons. The van der Waals surface area contributed by atoms with E-state index < -0.39 is 62.2 Å². The topological polar surface area (TPSA) is 184 Å². The molecule has 222 valence electrons. The van der Waals surface area contributed by atoms with Crippen LogP contribution in [0.25, 0.3) is 10.8 Å². The predicted octanol–water partition coefficient (Wildman–Crippen LogP) is 2.88. The lowest BCUT2D eigenvalue weighted by molar-refractivity contribution is -0.149. The molecule has 4 rings (SSSR count). The Morgan fingerprint density at radius 1 is 1.27 bits per heavy atom. The van der Waals surface area contributed by atoms with E-state index >= 15 is 0 Å². The molecule has 0 aliphatic carbocycles. The maximum atomic E-state index is 14.1. The first-order chi connectivity index (χ1) is 19.2. The number of esters is 1. The van der Waals surface area contributed by atoms with Crippen LogP contribution in [0.3, 0.4) is 0 Å². The summed E-state index contributed by atoms with van der Waals surface area (Å²) >= 11 is 3.18. The van der Waals surface area contributed by atoms with Crippen molar-refractivity contribution in [1.82, 2.24) is 14.6 Å². The van der Waals surface area contributed by atoms with Gasteiger partial charge in [-0.15, -0.1) is 0 Å². The van der Waals surface area contributed by atoms with Gasteiger partial charge in [0.2, 0.25) is 0 Å². The van der Waals surface area contributed by atoms with E-state index in [4.69, 9.17) is 24.3 Å². The maximum absolute atomic E-state index is 14.1. The summed E-state index contributed by atoms with van der Waals surface area (Å²) in [6.45, 7) is 5.50. The molecule has 0 amide bonds. The third-order valence-corrected chi connectivity index (χ3v) is 8.62. The summed E-state index contributed by atoms with van der Waals surface area (Å²) < 4.78 is 37.9. The van der Waals surface area contributed by atoms with Crippen LogP contribution in [-0.4, -0.2) is 62.3 Å². The standard InChI is InChI=1S/C26H32BrN4O9P/c1-14(2)38-23(33)15(3)30-41(36,40-19-11-7-9-16-8-5-6-10-17(16)19)37-13-20-21(32)26(4,35)24(39-20)31-12-18(27)22(28)29-25(31)34/h5-12,14-15,20-21,24,32,35H,13H2,1-4H3,(H,30,36)(H2,28,29,34)/t15-,20-,21-,24-,26-,41+/m1/s1. The van der Waals surface area contributed by atoms with Crippen LogP contribution in [-0.2, 0) is 23.4 Å². The summed E-state index contributed by atoms with van der Waals surface area (Å²) in [6.07, 6.45) is -3.40. The first kappa shape index (κ1) is 31.1. The molecule has 2 aromatic carbocycles. The Morgan fingerprint density at radius 2 is 1.95 bits per heavy atom. The molecule has 13 nitrogen and oxygen atoms in total. The summed E-state index contributed by atoms with van der Waals surface area (Å²) in [7, 11) is -4.36. The molecule has 1 fully saturated rings. The summed E-state index contributed by atoms with van der Waals surface area (Å²) in [4.78, 5) is 28.7. The van der Waals surface area contributed by atoms with Crippen molar-refractivity contribution in [3.05, 3.63) is 63.6 Å². The zero-order valence-electron chi connectivity index (χ0n) is 22.8. The van der Waals surface area contributed by atoms with Gasteiger partial charge in [0.1, 0.15) is 35.4 Å². The van der Waals surface area contributed by atoms with Gasteiger partial charge in [-0.05, 0) is 55.1 Å². The van der Waals surface area contributed by atoms with Crippen molar-refractivity contribution in [1.29, 1.82) is 0 Å². The molecule has 3 aromatic rings. The molecule has 0 spiro atoms. The number of rotatable bonds is 10. The van der Waals surface area contributed by atoms with E-state index in [1.807, 2.05) is 18.2 Å². The van der Waals surface area contributed by atoms with E-state index in [1.165, 1.54) is 20.0 Å². The second-order valence-corrected chi connectivity index (χ2v) is 12.6. The zero-order chi connectivity index (χ0) is 30.1. The second-order valence-electron chi connectivity index (χ2n) is 10.1. The quantitative estimate of drug-likeness (QED) is 0.185. The van der Waals surface area contributed by atoms with Gasteiger partial charge in [0.15, 0.2) is 6.23 Å². The molecule has 1 aliphatic heterocycles. The van der Waals surface area contributed by atoms with Crippen molar-refractivity contribution >= 4 is 46.2 Å². The first-order valence-corrected chi connectivity index (χ1v) is 15.1. The lowest BCUT2D eigenvalue weighted by Crippen LogP contribution is -2.46. The molecule has 1 saturated heterocycles. The number of hydrogen-bond donors (Lipinski definition) is 4. The van der Waals surface area contributed by atoms with Crippen LogP contribution in [0.2, 0.25) is 0 Å². The van der Waals surface area contributed by atoms with Crippen molar-refractivity contribution in [3.8, 4) is 5.75 Å². The smallest absolute Gasteiger partial charge is 0.459 e. The fraction of sp³-hybridized carbons (Fsp3) is 0.423. The van der Waals surface area contributed by atoms with Gasteiger partial charge in [0.25, 0.3) is 0 Å². The summed E-state index contributed by atoms with van der Waals surface area (Å²) in [5, 5.41) is 26.0. The molecule has 2 heterocycles. The molecule has 1 aromatic heterocycles. The van der Waals surface area contributed by atoms with Crippen molar-refractivity contribution in [3.63, 3.8) is 0 Å². The van der Waals surface area contributed by atoms with E-state index in [0.29, 0.717) is 5.39 Å². The Balaban J connectivity index is 1.60. The fourth-order valence-corrected chi connectivity index (χ4v) is 6.12. The minimum Gasteiger partial charge on any atom is -0.462 e. The molecule has 6 atom stereocenters. The van der Waals surface area contributed by atoms with Crippen LogP contribution in [0.4, 0.5) is 5.82 Å². The number of hydrogen-bond acceptors (Lipinski definition) is 11. The third-order valence-electron chi connectivity index (χ3n) is 6.38. The van der Waals surface area contributed by atoms with Crippen molar-refractivity contribution in [2.45, 2.75) is 63.9 Å². The van der Waals surface area contributed by atoms with E-state index in [-0.39, 0.29) is 16.0 Å². The molecule has 5 N–H and O–H groups in total. The monoisotopic (exact) mass is 654 g/mol. The van der Waals surface area contributed by atoms with E-state index in [0.717, 1.165) is 9.95 Å². The van der Waals surface area contributed by atoms with Crippen molar-refractivity contribution < 1.29 is 38.1 Å². The highest BCUT2D eigenvalue weighted by molar-refractivity contribution is 9.10. The predicted molar refractivity (Wildman–Crippen MR) is 153 cm³/mol. The molecule has 15 heteroatoms. The summed E-state index contributed by atoms with van der Waals surface area (Å²) in [6, 6.07) is 11.3. The Hall–Kier alpha value is -2.84. The van der Waals surface area contributed by atoms with Crippen LogP contribution in [0.5, 0.6) is 5.75 Å². The number of ether oxygens (including phenoxy) is 2. The maximum Gasteiger partial charge on any atom is 0.459 e. The largest absolute Gasteiger partial charge is 0.462 e. The Bertz CT molecular complexity index is 1530. The van der Waals surface area contributed by atoms with Gasteiger partial charge in [-0.2, -0.15) is 10.1 Å². The summed E-state index contributed by atoms with van der Waals surface area (Å²) in [5.74, 6) is -0.538. The molecule has 1 aliphatic rings. The van der Waals surface area contributed by atoms with Gasteiger partial charge in [-0.1, -0.05) is 36.4 Å². The number of aromatic nitrogens is 2. The van der Waals surface area contributed by atoms with Crippen LogP contribution >= 0.6 is 23.7 Å². The number of nitrogens with zero attached hydrogens (tertiary/aromatic N) is 2. The van der Waals surface area contributed by atoms with Gasteiger partial charge in [-0.3, -0.25) is 13.9 Å². The van der Waals surface area contributed by atoms with Gasteiger partial charge < -0.3 is 29.9 Å². The lowest BCUT2D eigenvalue weighted by Gasteiger charge is -2.27. The SMILES string of the molecule is CC(C)OC(=O)[C@@H](C)N[P@](=O)(OC[C@H]1O[C@@H](n2cc(Br)c(N)nc2=O)[C@](C)(O)[C@@H]1O)Oc1cccc2ccccc12. The Kier molecular flexibility index (Phi) is 9.24. The average molecular weight is 655 g/mol. The molecule has 41 heavy (non-hydrogen) atoms. The molecule has 0 saturated carbocycles. The number of nitrogens with two attached hydrogens (primary N) is 1. The number of carbonyl (C=O) groups excluding carboxylic acids is 1. The summed E-state index contributed by atoms with van der Waals surface area (Å²) in [5.41, 5.74) is 2.85. The second kappa shape index (κ2) is 12.2. The van der Waals surface area contributed by atoms with Crippen LogP contribution in [0.15, 0.2) is 57.9 Å². The van der Waals surface area contributed by atoms with E-state index in [1.54, 1.807) is 38.1 Å². The van der Waals surface area contributed by atoms with Crippen LogP contribution < -0.4 is 21.0 Å². The number of nitrogen functional groups attached to an aromatic ring is 1. The molecule has 0 unspecified atom stereocenters. The number of halogens is 1. The molecular weight excluding hydrogens is 623 g/mol. The van der Waals surface area contributed by atoms with Crippen molar-refractivity contribution in [2.24, 2.45) is 0 Å². The van der Waals surface area contributed by atoms with Crippen molar-refractivity contribution in [2.75, 3.05) is 12.3 Å². The highest BCUT2D eigenvalue weighted by atomic mass is 79.9. The lowest BCUT2D eigenvalue weighted by atomic mass is 9.96. The molecule has 0 bridgehead atoms.